The molecule has 1 heterocycles. The van der Waals surface area contributed by atoms with Gasteiger partial charge in [-0.15, -0.1) is 0 Å². The van der Waals surface area contributed by atoms with Crippen LogP contribution in [0.1, 0.15) is 6.92 Å². The summed E-state index contributed by atoms with van der Waals surface area (Å²) in [5.41, 5.74) is 8.83. The van der Waals surface area contributed by atoms with Crippen LogP contribution in [0.25, 0.3) is 11.1 Å². The van der Waals surface area contributed by atoms with E-state index in [0.29, 0.717) is 0 Å². The molecule has 2 aromatic rings. The predicted octanol–water partition coefficient (Wildman–Crippen LogP) is 3.41. The van der Waals surface area contributed by atoms with Gasteiger partial charge in [-0.25, -0.2) is 0 Å². The zero-order chi connectivity index (χ0) is 10.8. The number of hydrogen-bond donors (Lipinski definition) is 1. The van der Waals surface area contributed by atoms with Crippen LogP contribution >= 0.6 is 11.6 Å². The number of rotatable bonds is 2. The van der Waals surface area contributed by atoms with E-state index in [0.717, 1.165) is 28.4 Å². The monoisotopic (exact) mass is 220 g/mol. The summed E-state index contributed by atoms with van der Waals surface area (Å²) in [5.74, 6) is 0. The first-order valence-electron chi connectivity index (χ1n) is 4.92. The average Bonchev–Trinajstić information content (AvgIpc) is 2.60. The molecule has 2 nitrogen and oxygen atoms in total. The van der Waals surface area contributed by atoms with Crippen molar-refractivity contribution in [3.63, 3.8) is 0 Å². The van der Waals surface area contributed by atoms with E-state index in [1.807, 2.05) is 36.7 Å². The Hall–Kier alpha value is -1.41. The van der Waals surface area contributed by atoms with E-state index < -0.39 is 0 Å². The van der Waals surface area contributed by atoms with Crippen molar-refractivity contribution in [1.29, 1.82) is 0 Å². The van der Waals surface area contributed by atoms with Crippen LogP contribution in [0.4, 0.5) is 5.69 Å². The van der Waals surface area contributed by atoms with Gasteiger partial charge in [0.05, 0.1) is 5.69 Å². The Balaban J connectivity index is 2.48. The molecule has 0 bridgehead atoms. The summed E-state index contributed by atoms with van der Waals surface area (Å²) in [6.07, 6.45) is 3.98. The molecule has 0 atom stereocenters. The van der Waals surface area contributed by atoms with Gasteiger partial charge in [0.15, 0.2) is 0 Å². The standard InChI is InChI=1S/C12H13ClN2/c1-2-15-7-11(12(14)8-15)9-4-3-5-10(13)6-9/h3-8H,2,14H2,1H3. The Morgan fingerprint density at radius 2 is 2.13 bits per heavy atom. The molecule has 0 aliphatic carbocycles. The molecule has 0 amide bonds. The van der Waals surface area contributed by atoms with Gasteiger partial charge in [0.2, 0.25) is 0 Å². The molecule has 0 saturated heterocycles. The lowest BCUT2D eigenvalue weighted by atomic mass is 10.1. The summed E-state index contributed by atoms with van der Waals surface area (Å²) in [5, 5.41) is 0.733. The van der Waals surface area contributed by atoms with E-state index >= 15 is 0 Å². The topological polar surface area (TPSA) is 30.9 Å². The molecule has 15 heavy (non-hydrogen) atoms. The number of benzene rings is 1. The Morgan fingerprint density at radius 1 is 1.33 bits per heavy atom. The van der Waals surface area contributed by atoms with Gasteiger partial charge in [0, 0.05) is 29.5 Å². The lowest BCUT2D eigenvalue weighted by Gasteiger charge is -2.00. The van der Waals surface area contributed by atoms with Crippen molar-refractivity contribution in [3.05, 3.63) is 41.7 Å². The minimum absolute atomic E-state index is 0.733. The normalized spacial score (nSPS) is 10.5. The van der Waals surface area contributed by atoms with E-state index in [4.69, 9.17) is 17.3 Å². The zero-order valence-electron chi connectivity index (χ0n) is 8.57. The highest BCUT2D eigenvalue weighted by molar-refractivity contribution is 6.30. The first kappa shape index (κ1) is 10.1. The Labute approximate surface area is 94.3 Å². The van der Waals surface area contributed by atoms with Crippen LogP contribution in [0.3, 0.4) is 0 Å². The largest absolute Gasteiger partial charge is 0.397 e. The van der Waals surface area contributed by atoms with Crippen molar-refractivity contribution in [2.75, 3.05) is 5.73 Å². The van der Waals surface area contributed by atoms with E-state index in [1.165, 1.54) is 0 Å². The fourth-order valence-electron chi connectivity index (χ4n) is 1.61. The van der Waals surface area contributed by atoms with Crippen molar-refractivity contribution in [2.45, 2.75) is 13.5 Å². The molecule has 3 heteroatoms. The van der Waals surface area contributed by atoms with Crippen LogP contribution < -0.4 is 5.73 Å². The third-order valence-electron chi connectivity index (χ3n) is 2.41. The van der Waals surface area contributed by atoms with Crippen LogP contribution in [-0.2, 0) is 6.54 Å². The highest BCUT2D eigenvalue weighted by Crippen LogP contribution is 2.28. The van der Waals surface area contributed by atoms with Gasteiger partial charge in [-0.2, -0.15) is 0 Å². The van der Waals surface area contributed by atoms with Crippen molar-refractivity contribution in [2.24, 2.45) is 0 Å². The molecule has 0 spiro atoms. The number of aromatic nitrogens is 1. The number of nitrogen functional groups attached to an aromatic ring is 1. The second-order valence-electron chi connectivity index (χ2n) is 3.47. The molecule has 0 fully saturated rings. The second kappa shape index (κ2) is 3.99. The van der Waals surface area contributed by atoms with Crippen molar-refractivity contribution >= 4 is 17.3 Å². The predicted molar refractivity (Wildman–Crippen MR) is 65.0 cm³/mol. The van der Waals surface area contributed by atoms with Gasteiger partial charge >= 0.3 is 0 Å². The number of anilines is 1. The first-order valence-corrected chi connectivity index (χ1v) is 5.29. The molecule has 0 radical (unpaired) electrons. The minimum Gasteiger partial charge on any atom is -0.397 e. The van der Waals surface area contributed by atoms with Crippen LogP contribution in [0.15, 0.2) is 36.7 Å². The number of nitrogens with zero attached hydrogens (tertiary/aromatic N) is 1. The van der Waals surface area contributed by atoms with Gasteiger partial charge in [-0.3, -0.25) is 0 Å². The molecule has 0 unspecified atom stereocenters. The maximum Gasteiger partial charge on any atom is 0.0573 e. The van der Waals surface area contributed by atoms with Gasteiger partial charge in [0.25, 0.3) is 0 Å². The molecular weight excluding hydrogens is 208 g/mol. The Morgan fingerprint density at radius 3 is 2.73 bits per heavy atom. The van der Waals surface area contributed by atoms with E-state index in [-0.39, 0.29) is 0 Å². The molecule has 2 N–H and O–H groups in total. The molecule has 78 valence electrons. The highest BCUT2D eigenvalue weighted by Gasteiger charge is 2.05. The summed E-state index contributed by atoms with van der Waals surface area (Å²) in [7, 11) is 0. The van der Waals surface area contributed by atoms with E-state index in [1.54, 1.807) is 0 Å². The van der Waals surface area contributed by atoms with Gasteiger partial charge in [0.1, 0.15) is 0 Å². The van der Waals surface area contributed by atoms with Crippen molar-refractivity contribution in [3.8, 4) is 11.1 Å². The minimum atomic E-state index is 0.733. The fourth-order valence-corrected chi connectivity index (χ4v) is 1.80. The third-order valence-corrected chi connectivity index (χ3v) is 2.65. The second-order valence-corrected chi connectivity index (χ2v) is 3.90. The summed E-state index contributed by atoms with van der Waals surface area (Å²) in [4.78, 5) is 0. The number of halogens is 1. The first-order chi connectivity index (χ1) is 7.20. The fraction of sp³-hybridized carbons (Fsp3) is 0.167. The van der Waals surface area contributed by atoms with Gasteiger partial charge in [-0.1, -0.05) is 23.7 Å². The van der Waals surface area contributed by atoms with Crippen molar-refractivity contribution in [1.82, 2.24) is 4.57 Å². The molecule has 0 aliphatic rings. The molecule has 0 aliphatic heterocycles. The third kappa shape index (κ3) is 2.00. The number of nitrogens with two attached hydrogens (primary N) is 1. The number of aryl methyl sites for hydroxylation is 1. The summed E-state index contributed by atoms with van der Waals surface area (Å²) in [6.45, 7) is 3.01. The summed E-state index contributed by atoms with van der Waals surface area (Å²) < 4.78 is 2.06. The van der Waals surface area contributed by atoms with Crippen LogP contribution in [0.2, 0.25) is 5.02 Å². The van der Waals surface area contributed by atoms with Gasteiger partial charge in [-0.05, 0) is 24.6 Å². The number of hydrogen-bond acceptors (Lipinski definition) is 1. The molecule has 1 aromatic carbocycles. The zero-order valence-corrected chi connectivity index (χ0v) is 9.33. The van der Waals surface area contributed by atoms with E-state index in [9.17, 15) is 0 Å². The Bertz CT molecular complexity index is 474. The van der Waals surface area contributed by atoms with E-state index in [2.05, 4.69) is 11.5 Å². The van der Waals surface area contributed by atoms with Crippen molar-refractivity contribution < 1.29 is 0 Å². The lowest BCUT2D eigenvalue weighted by molar-refractivity contribution is 0.770. The summed E-state index contributed by atoms with van der Waals surface area (Å²) in [6, 6.07) is 7.73. The molecular formula is C12H13ClN2. The highest BCUT2D eigenvalue weighted by atomic mass is 35.5. The quantitative estimate of drug-likeness (QED) is 0.826. The average molecular weight is 221 g/mol. The smallest absolute Gasteiger partial charge is 0.0573 e. The lowest BCUT2D eigenvalue weighted by Crippen LogP contribution is -1.87. The van der Waals surface area contributed by atoms with Crippen LogP contribution in [0.5, 0.6) is 0 Å². The molecule has 0 saturated carbocycles. The van der Waals surface area contributed by atoms with Crippen LogP contribution in [0, 0.1) is 0 Å². The molecule has 2 rings (SSSR count). The van der Waals surface area contributed by atoms with Crippen LogP contribution in [-0.4, -0.2) is 4.57 Å². The maximum atomic E-state index is 5.94. The summed E-state index contributed by atoms with van der Waals surface area (Å²) >= 11 is 5.94. The SMILES string of the molecule is CCn1cc(N)c(-c2cccc(Cl)c2)c1. The van der Waals surface area contributed by atoms with Gasteiger partial charge < -0.3 is 10.3 Å². The maximum absolute atomic E-state index is 5.94. The Kier molecular flexibility index (Phi) is 2.69. The molecule has 1 aromatic heterocycles.